The second kappa shape index (κ2) is 3.35. The maximum atomic E-state index is 9.40. The fourth-order valence-electron chi connectivity index (χ4n) is 2.57. The number of likely N-dealkylation sites (tertiary alicyclic amines) is 1. The molecule has 2 nitrogen and oxygen atoms in total. The van der Waals surface area contributed by atoms with Gasteiger partial charge in [-0.05, 0) is 38.1 Å². The first-order chi connectivity index (χ1) is 5.75. The van der Waals surface area contributed by atoms with Crippen molar-refractivity contribution in [3.05, 3.63) is 0 Å². The molecule has 1 aliphatic carbocycles. The maximum absolute atomic E-state index is 9.40. The summed E-state index contributed by atoms with van der Waals surface area (Å²) in [6.07, 6.45) is 4.61. The molecule has 1 saturated heterocycles. The fraction of sp³-hybridized carbons (Fsp3) is 1.00. The van der Waals surface area contributed by atoms with E-state index in [0.717, 1.165) is 18.8 Å². The quantitative estimate of drug-likeness (QED) is 0.638. The van der Waals surface area contributed by atoms with Crippen LogP contribution in [0.5, 0.6) is 0 Å². The van der Waals surface area contributed by atoms with Crippen molar-refractivity contribution in [2.24, 2.45) is 5.92 Å². The summed E-state index contributed by atoms with van der Waals surface area (Å²) in [7, 11) is 0. The van der Waals surface area contributed by atoms with Gasteiger partial charge in [-0.2, -0.15) is 0 Å². The lowest BCUT2D eigenvalue weighted by Crippen LogP contribution is -2.31. The van der Waals surface area contributed by atoms with Crippen molar-refractivity contribution in [3.63, 3.8) is 0 Å². The summed E-state index contributed by atoms with van der Waals surface area (Å²) in [4.78, 5) is 2.57. The van der Waals surface area contributed by atoms with Gasteiger partial charge in [0.05, 0.1) is 6.10 Å². The first kappa shape index (κ1) is 8.52. The zero-order valence-electron chi connectivity index (χ0n) is 7.87. The number of aliphatic hydroxyl groups is 1. The molecule has 1 saturated carbocycles. The lowest BCUT2D eigenvalue weighted by Gasteiger charge is -2.23. The molecule has 1 N–H and O–H groups in total. The molecule has 1 heterocycles. The standard InChI is InChI=1S/C10H19NO/c1-8-4-5-11(7-8)9-2-3-10(12)6-9/h8-10,12H,2-7H2,1H3. The number of nitrogens with zero attached hydrogens (tertiary/aromatic N) is 1. The predicted molar refractivity (Wildman–Crippen MR) is 49.0 cm³/mol. The molecular weight excluding hydrogens is 150 g/mol. The van der Waals surface area contributed by atoms with Crippen molar-refractivity contribution < 1.29 is 5.11 Å². The Labute approximate surface area is 74.6 Å². The van der Waals surface area contributed by atoms with Crippen LogP contribution in [0.4, 0.5) is 0 Å². The van der Waals surface area contributed by atoms with Crippen molar-refractivity contribution in [3.8, 4) is 0 Å². The third-order valence-corrected chi connectivity index (χ3v) is 3.35. The van der Waals surface area contributed by atoms with Gasteiger partial charge in [-0.1, -0.05) is 6.92 Å². The molecule has 3 atom stereocenters. The minimum Gasteiger partial charge on any atom is -0.393 e. The van der Waals surface area contributed by atoms with E-state index in [0.29, 0.717) is 6.04 Å². The van der Waals surface area contributed by atoms with Crippen LogP contribution in [-0.2, 0) is 0 Å². The van der Waals surface area contributed by atoms with Crippen LogP contribution in [0.15, 0.2) is 0 Å². The Kier molecular flexibility index (Phi) is 2.37. The van der Waals surface area contributed by atoms with E-state index in [1.54, 1.807) is 0 Å². The number of aliphatic hydroxyl groups excluding tert-OH is 1. The van der Waals surface area contributed by atoms with E-state index in [1.165, 1.54) is 25.9 Å². The number of hydrogen-bond donors (Lipinski definition) is 1. The molecule has 2 fully saturated rings. The van der Waals surface area contributed by atoms with E-state index in [1.807, 2.05) is 0 Å². The van der Waals surface area contributed by atoms with E-state index in [4.69, 9.17) is 0 Å². The summed E-state index contributed by atoms with van der Waals surface area (Å²) in [5.41, 5.74) is 0. The molecule has 0 aromatic rings. The van der Waals surface area contributed by atoms with E-state index in [2.05, 4.69) is 11.8 Å². The highest BCUT2D eigenvalue weighted by molar-refractivity contribution is 4.86. The molecule has 0 aromatic carbocycles. The van der Waals surface area contributed by atoms with Crippen LogP contribution in [-0.4, -0.2) is 35.2 Å². The highest BCUT2D eigenvalue weighted by Gasteiger charge is 2.31. The van der Waals surface area contributed by atoms with Gasteiger partial charge in [-0.25, -0.2) is 0 Å². The number of rotatable bonds is 1. The van der Waals surface area contributed by atoms with Gasteiger partial charge >= 0.3 is 0 Å². The van der Waals surface area contributed by atoms with Crippen molar-refractivity contribution in [1.82, 2.24) is 4.90 Å². The average molecular weight is 169 g/mol. The molecule has 1 aliphatic heterocycles. The van der Waals surface area contributed by atoms with E-state index in [-0.39, 0.29) is 6.10 Å². The Morgan fingerprint density at radius 2 is 2.08 bits per heavy atom. The van der Waals surface area contributed by atoms with Gasteiger partial charge in [0, 0.05) is 12.6 Å². The van der Waals surface area contributed by atoms with Gasteiger partial charge in [0.2, 0.25) is 0 Å². The molecule has 2 heteroatoms. The zero-order valence-corrected chi connectivity index (χ0v) is 7.87. The Bertz CT molecular complexity index is 142. The summed E-state index contributed by atoms with van der Waals surface area (Å²) in [6.45, 7) is 4.85. The molecule has 0 radical (unpaired) electrons. The van der Waals surface area contributed by atoms with Crippen LogP contribution >= 0.6 is 0 Å². The molecule has 2 aliphatic rings. The van der Waals surface area contributed by atoms with Crippen molar-refractivity contribution >= 4 is 0 Å². The Balaban J connectivity index is 1.85. The third kappa shape index (κ3) is 1.64. The smallest absolute Gasteiger partial charge is 0.0555 e. The first-order valence-corrected chi connectivity index (χ1v) is 5.18. The van der Waals surface area contributed by atoms with Gasteiger partial charge < -0.3 is 10.0 Å². The Morgan fingerprint density at radius 3 is 2.58 bits per heavy atom. The van der Waals surface area contributed by atoms with Gasteiger partial charge in [0.15, 0.2) is 0 Å². The van der Waals surface area contributed by atoms with Crippen molar-refractivity contribution in [1.29, 1.82) is 0 Å². The topological polar surface area (TPSA) is 23.5 Å². The van der Waals surface area contributed by atoms with Crippen LogP contribution in [0.3, 0.4) is 0 Å². The summed E-state index contributed by atoms with van der Waals surface area (Å²) in [5, 5.41) is 9.40. The molecular formula is C10H19NO. The second-order valence-electron chi connectivity index (χ2n) is 4.51. The molecule has 2 rings (SSSR count). The summed E-state index contributed by atoms with van der Waals surface area (Å²) >= 11 is 0. The van der Waals surface area contributed by atoms with E-state index < -0.39 is 0 Å². The van der Waals surface area contributed by atoms with Crippen molar-refractivity contribution in [2.75, 3.05) is 13.1 Å². The van der Waals surface area contributed by atoms with Gasteiger partial charge in [0.25, 0.3) is 0 Å². The van der Waals surface area contributed by atoms with E-state index in [9.17, 15) is 5.11 Å². The molecule has 70 valence electrons. The minimum absolute atomic E-state index is 0.00842. The molecule has 3 unspecified atom stereocenters. The summed E-state index contributed by atoms with van der Waals surface area (Å²) in [6, 6.07) is 0.699. The highest BCUT2D eigenvalue weighted by Crippen LogP contribution is 2.28. The Hall–Kier alpha value is -0.0800. The van der Waals surface area contributed by atoms with Gasteiger partial charge in [-0.3, -0.25) is 0 Å². The van der Waals surface area contributed by atoms with Crippen LogP contribution < -0.4 is 0 Å². The minimum atomic E-state index is -0.00842. The molecule has 0 aromatic heterocycles. The largest absolute Gasteiger partial charge is 0.393 e. The summed E-state index contributed by atoms with van der Waals surface area (Å²) < 4.78 is 0. The fourth-order valence-corrected chi connectivity index (χ4v) is 2.57. The summed E-state index contributed by atoms with van der Waals surface area (Å²) in [5.74, 6) is 0.878. The zero-order chi connectivity index (χ0) is 8.55. The molecule has 0 bridgehead atoms. The molecule has 0 spiro atoms. The SMILES string of the molecule is CC1CCN(C2CCC(O)C2)C1. The lowest BCUT2D eigenvalue weighted by molar-refractivity contribution is 0.161. The first-order valence-electron chi connectivity index (χ1n) is 5.18. The monoisotopic (exact) mass is 169 g/mol. The van der Waals surface area contributed by atoms with Crippen LogP contribution in [0.25, 0.3) is 0 Å². The van der Waals surface area contributed by atoms with Crippen LogP contribution in [0, 0.1) is 5.92 Å². The third-order valence-electron chi connectivity index (χ3n) is 3.35. The molecule has 0 amide bonds. The maximum Gasteiger partial charge on any atom is 0.0555 e. The van der Waals surface area contributed by atoms with Crippen LogP contribution in [0.2, 0.25) is 0 Å². The Morgan fingerprint density at radius 1 is 1.25 bits per heavy atom. The van der Waals surface area contributed by atoms with E-state index >= 15 is 0 Å². The molecule has 12 heavy (non-hydrogen) atoms. The van der Waals surface area contributed by atoms with Crippen LogP contribution in [0.1, 0.15) is 32.6 Å². The average Bonchev–Trinajstić information content (AvgIpc) is 2.58. The highest BCUT2D eigenvalue weighted by atomic mass is 16.3. The van der Waals surface area contributed by atoms with Gasteiger partial charge in [0.1, 0.15) is 0 Å². The normalized spacial score (nSPS) is 44.0. The predicted octanol–water partition coefficient (Wildman–Crippen LogP) is 1.24. The lowest BCUT2D eigenvalue weighted by atomic mass is 10.2. The van der Waals surface area contributed by atoms with Crippen molar-refractivity contribution in [2.45, 2.75) is 44.8 Å². The van der Waals surface area contributed by atoms with Gasteiger partial charge in [-0.15, -0.1) is 0 Å². The second-order valence-corrected chi connectivity index (χ2v) is 4.51. The number of hydrogen-bond acceptors (Lipinski definition) is 2.